The first kappa shape index (κ1) is 15.3. The molecule has 0 aromatic heterocycles. The standard InChI is InChI=1S/C12H18ClNO3S/c1-9(8-18(3,15)16)14-7-10-6-11(13)4-5-12(10)17-2/h4-6,9,14H,7-8H2,1-3H3. The summed E-state index contributed by atoms with van der Waals surface area (Å²) in [5.74, 6) is 0.842. The molecular weight excluding hydrogens is 274 g/mol. The van der Waals surface area contributed by atoms with Crippen molar-refractivity contribution in [3.8, 4) is 5.75 Å². The number of sulfone groups is 1. The smallest absolute Gasteiger partial charge is 0.148 e. The minimum absolute atomic E-state index is 0.107. The van der Waals surface area contributed by atoms with Crippen LogP contribution in [0, 0.1) is 0 Å². The summed E-state index contributed by atoms with van der Waals surface area (Å²) in [6.07, 6.45) is 1.23. The summed E-state index contributed by atoms with van der Waals surface area (Å²) in [6, 6.07) is 5.23. The molecule has 0 bridgehead atoms. The number of rotatable bonds is 6. The fourth-order valence-electron chi connectivity index (χ4n) is 1.68. The topological polar surface area (TPSA) is 55.4 Å². The van der Waals surface area contributed by atoms with Crippen molar-refractivity contribution in [2.45, 2.75) is 19.5 Å². The van der Waals surface area contributed by atoms with Crippen LogP contribution in [-0.2, 0) is 16.4 Å². The molecule has 0 saturated carbocycles. The van der Waals surface area contributed by atoms with E-state index in [1.807, 2.05) is 6.92 Å². The molecule has 0 radical (unpaired) electrons. The van der Waals surface area contributed by atoms with E-state index in [2.05, 4.69) is 5.32 Å². The number of benzene rings is 1. The average molecular weight is 292 g/mol. The lowest BCUT2D eigenvalue weighted by Gasteiger charge is -2.14. The summed E-state index contributed by atoms with van der Waals surface area (Å²) in [4.78, 5) is 0. The predicted molar refractivity (Wildman–Crippen MR) is 74.0 cm³/mol. The third kappa shape index (κ3) is 5.25. The van der Waals surface area contributed by atoms with E-state index >= 15 is 0 Å². The van der Waals surface area contributed by atoms with Crippen LogP contribution in [0.1, 0.15) is 12.5 Å². The summed E-state index contributed by atoms with van der Waals surface area (Å²) in [7, 11) is -1.38. The largest absolute Gasteiger partial charge is 0.496 e. The minimum atomic E-state index is -2.97. The second-order valence-corrected chi connectivity index (χ2v) is 6.95. The zero-order valence-corrected chi connectivity index (χ0v) is 12.3. The SMILES string of the molecule is COc1ccc(Cl)cc1CNC(C)CS(C)(=O)=O. The molecule has 1 aromatic carbocycles. The maximum Gasteiger partial charge on any atom is 0.148 e. The van der Waals surface area contributed by atoms with Crippen LogP contribution >= 0.6 is 11.6 Å². The van der Waals surface area contributed by atoms with E-state index in [1.54, 1.807) is 25.3 Å². The second-order valence-electron chi connectivity index (χ2n) is 4.33. The van der Waals surface area contributed by atoms with E-state index in [9.17, 15) is 8.42 Å². The third-order valence-electron chi connectivity index (χ3n) is 2.44. The van der Waals surface area contributed by atoms with Crippen molar-refractivity contribution in [1.82, 2.24) is 5.32 Å². The lowest BCUT2D eigenvalue weighted by molar-refractivity contribution is 0.406. The highest BCUT2D eigenvalue weighted by Crippen LogP contribution is 2.22. The Labute approximate surface area is 113 Å². The molecule has 1 N–H and O–H groups in total. The first-order chi connectivity index (χ1) is 8.31. The third-order valence-corrected chi connectivity index (χ3v) is 3.78. The van der Waals surface area contributed by atoms with Crippen LogP contribution in [0.25, 0.3) is 0 Å². The molecule has 4 nitrogen and oxygen atoms in total. The van der Waals surface area contributed by atoms with Gasteiger partial charge in [-0.1, -0.05) is 11.6 Å². The zero-order chi connectivity index (χ0) is 13.8. The van der Waals surface area contributed by atoms with Crippen LogP contribution < -0.4 is 10.1 Å². The van der Waals surface area contributed by atoms with Gasteiger partial charge < -0.3 is 10.1 Å². The van der Waals surface area contributed by atoms with Crippen molar-refractivity contribution in [2.75, 3.05) is 19.1 Å². The molecule has 0 fully saturated rings. The van der Waals surface area contributed by atoms with Crippen molar-refractivity contribution in [3.63, 3.8) is 0 Å². The Balaban J connectivity index is 2.65. The van der Waals surface area contributed by atoms with Crippen LogP contribution in [0.3, 0.4) is 0 Å². The molecule has 0 heterocycles. The molecule has 0 amide bonds. The fraction of sp³-hybridized carbons (Fsp3) is 0.500. The van der Waals surface area contributed by atoms with Crippen molar-refractivity contribution >= 4 is 21.4 Å². The van der Waals surface area contributed by atoms with Gasteiger partial charge in [-0.05, 0) is 25.1 Å². The average Bonchev–Trinajstić information content (AvgIpc) is 2.24. The number of ether oxygens (including phenoxy) is 1. The minimum Gasteiger partial charge on any atom is -0.496 e. The van der Waals surface area contributed by atoms with Gasteiger partial charge in [0.2, 0.25) is 0 Å². The Morgan fingerprint density at radius 2 is 2.11 bits per heavy atom. The molecule has 0 aliphatic heterocycles. The highest BCUT2D eigenvalue weighted by molar-refractivity contribution is 7.90. The number of methoxy groups -OCH3 is 1. The Bertz CT molecular complexity index is 502. The van der Waals surface area contributed by atoms with Gasteiger partial charge in [0.25, 0.3) is 0 Å². The van der Waals surface area contributed by atoms with Gasteiger partial charge in [0.15, 0.2) is 0 Å². The van der Waals surface area contributed by atoms with Gasteiger partial charge in [-0.25, -0.2) is 8.42 Å². The summed E-state index contributed by atoms with van der Waals surface area (Å²) < 4.78 is 27.5. The molecule has 0 aliphatic carbocycles. The summed E-state index contributed by atoms with van der Waals surface area (Å²) in [6.45, 7) is 2.35. The lowest BCUT2D eigenvalue weighted by atomic mass is 10.2. The van der Waals surface area contributed by atoms with Gasteiger partial charge in [-0.3, -0.25) is 0 Å². The molecule has 0 spiro atoms. The van der Waals surface area contributed by atoms with Crippen LogP contribution in [0.5, 0.6) is 5.75 Å². The lowest BCUT2D eigenvalue weighted by Crippen LogP contribution is -2.32. The molecule has 0 aliphatic rings. The van der Waals surface area contributed by atoms with E-state index in [-0.39, 0.29) is 11.8 Å². The Morgan fingerprint density at radius 1 is 1.44 bits per heavy atom. The molecule has 1 rings (SSSR count). The number of hydrogen-bond acceptors (Lipinski definition) is 4. The van der Waals surface area contributed by atoms with Crippen LogP contribution in [0.4, 0.5) is 0 Å². The Kier molecular flexibility index (Phi) is 5.44. The molecular formula is C12H18ClNO3S. The van der Waals surface area contributed by atoms with E-state index in [0.29, 0.717) is 11.6 Å². The van der Waals surface area contributed by atoms with E-state index in [4.69, 9.17) is 16.3 Å². The Hall–Kier alpha value is -0.780. The first-order valence-electron chi connectivity index (χ1n) is 5.55. The van der Waals surface area contributed by atoms with Crippen LogP contribution in [0.2, 0.25) is 5.02 Å². The molecule has 1 aromatic rings. The normalized spacial score (nSPS) is 13.3. The highest BCUT2D eigenvalue weighted by atomic mass is 35.5. The molecule has 18 heavy (non-hydrogen) atoms. The molecule has 6 heteroatoms. The van der Waals surface area contributed by atoms with E-state index in [0.717, 1.165) is 11.3 Å². The van der Waals surface area contributed by atoms with Crippen LogP contribution in [-0.4, -0.2) is 33.6 Å². The maximum atomic E-state index is 11.1. The second kappa shape index (κ2) is 6.41. The maximum absolute atomic E-state index is 11.1. The molecule has 102 valence electrons. The zero-order valence-electron chi connectivity index (χ0n) is 10.7. The number of hydrogen-bond donors (Lipinski definition) is 1. The van der Waals surface area contributed by atoms with Crippen molar-refractivity contribution in [1.29, 1.82) is 0 Å². The monoisotopic (exact) mass is 291 g/mol. The number of nitrogens with one attached hydrogen (secondary N) is 1. The fourth-order valence-corrected chi connectivity index (χ4v) is 2.90. The summed E-state index contributed by atoms with van der Waals surface area (Å²) in [5, 5.41) is 3.77. The van der Waals surface area contributed by atoms with Crippen molar-refractivity contribution in [3.05, 3.63) is 28.8 Å². The van der Waals surface area contributed by atoms with Gasteiger partial charge >= 0.3 is 0 Å². The van der Waals surface area contributed by atoms with Gasteiger partial charge in [0.1, 0.15) is 15.6 Å². The highest BCUT2D eigenvalue weighted by Gasteiger charge is 2.11. The van der Waals surface area contributed by atoms with Gasteiger partial charge in [-0.2, -0.15) is 0 Å². The van der Waals surface area contributed by atoms with Gasteiger partial charge in [0.05, 0.1) is 12.9 Å². The summed E-state index contributed by atoms with van der Waals surface area (Å²) >= 11 is 5.92. The number of halogens is 1. The van der Waals surface area contributed by atoms with Crippen molar-refractivity contribution < 1.29 is 13.2 Å². The van der Waals surface area contributed by atoms with Gasteiger partial charge in [-0.15, -0.1) is 0 Å². The first-order valence-corrected chi connectivity index (χ1v) is 7.99. The predicted octanol–water partition coefficient (Wildman–Crippen LogP) is 1.87. The van der Waals surface area contributed by atoms with E-state index in [1.165, 1.54) is 6.26 Å². The Morgan fingerprint density at radius 3 is 2.67 bits per heavy atom. The quantitative estimate of drug-likeness (QED) is 0.869. The molecule has 0 saturated heterocycles. The summed E-state index contributed by atoms with van der Waals surface area (Å²) in [5.41, 5.74) is 0.908. The van der Waals surface area contributed by atoms with E-state index < -0.39 is 9.84 Å². The molecule has 1 atom stereocenters. The van der Waals surface area contributed by atoms with Crippen LogP contribution in [0.15, 0.2) is 18.2 Å². The molecule has 1 unspecified atom stereocenters. The van der Waals surface area contributed by atoms with Gasteiger partial charge in [0, 0.05) is 29.4 Å². The van der Waals surface area contributed by atoms with Crippen molar-refractivity contribution in [2.24, 2.45) is 0 Å².